The van der Waals surface area contributed by atoms with E-state index in [4.69, 9.17) is 4.74 Å². The number of carbonyl (C=O) groups is 1. The van der Waals surface area contributed by atoms with E-state index in [1.165, 1.54) is 6.92 Å². The minimum absolute atomic E-state index is 0.299. The molecule has 0 spiro atoms. The molecule has 16 heavy (non-hydrogen) atoms. The number of esters is 1. The lowest BCUT2D eigenvalue weighted by Crippen LogP contribution is -2.08. The van der Waals surface area contributed by atoms with Crippen molar-refractivity contribution in [3.8, 4) is 0 Å². The summed E-state index contributed by atoms with van der Waals surface area (Å²) in [5.74, 6) is -0.299. The molecule has 0 radical (unpaired) electrons. The summed E-state index contributed by atoms with van der Waals surface area (Å²) < 4.78 is 5.08. The predicted molar refractivity (Wildman–Crippen MR) is 63.9 cm³/mol. The maximum atomic E-state index is 10.8. The van der Waals surface area contributed by atoms with E-state index < -0.39 is 0 Å². The average molecular weight is 219 g/mol. The van der Waals surface area contributed by atoms with Crippen molar-refractivity contribution in [1.82, 2.24) is 4.98 Å². The minimum Gasteiger partial charge on any atom is -0.456 e. The Labute approximate surface area is 96.2 Å². The third-order valence-corrected chi connectivity index (χ3v) is 2.28. The van der Waals surface area contributed by atoms with Crippen molar-refractivity contribution >= 4 is 11.5 Å². The third-order valence-electron chi connectivity index (χ3n) is 2.28. The highest BCUT2D eigenvalue weighted by Crippen LogP contribution is 2.20. The SMILES string of the molecule is C=C(C)c1nc(C(C)OC(C)=O)ccc1C. The van der Waals surface area contributed by atoms with Gasteiger partial charge in [-0.2, -0.15) is 0 Å². The number of pyridine rings is 1. The fraction of sp³-hybridized carbons (Fsp3) is 0.385. The highest BCUT2D eigenvalue weighted by molar-refractivity contribution is 5.66. The number of rotatable bonds is 3. The monoisotopic (exact) mass is 219 g/mol. The minimum atomic E-state index is -0.323. The zero-order valence-electron chi connectivity index (χ0n) is 10.2. The van der Waals surface area contributed by atoms with Crippen molar-refractivity contribution in [3.05, 3.63) is 35.7 Å². The smallest absolute Gasteiger partial charge is 0.303 e. The van der Waals surface area contributed by atoms with Crippen LogP contribution in [0.1, 0.15) is 43.8 Å². The summed E-state index contributed by atoms with van der Waals surface area (Å²) in [7, 11) is 0. The first-order chi connectivity index (χ1) is 7.41. The first kappa shape index (κ1) is 12.4. The zero-order chi connectivity index (χ0) is 12.3. The van der Waals surface area contributed by atoms with E-state index in [9.17, 15) is 4.79 Å². The van der Waals surface area contributed by atoms with Crippen molar-refractivity contribution < 1.29 is 9.53 Å². The van der Waals surface area contributed by atoms with Crippen LogP contribution in [0.2, 0.25) is 0 Å². The van der Waals surface area contributed by atoms with E-state index in [0.717, 1.165) is 22.5 Å². The van der Waals surface area contributed by atoms with Gasteiger partial charge in [0, 0.05) is 6.92 Å². The maximum Gasteiger partial charge on any atom is 0.303 e. The molecule has 86 valence electrons. The zero-order valence-corrected chi connectivity index (χ0v) is 10.2. The van der Waals surface area contributed by atoms with Gasteiger partial charge in [-0.25, -0.2) is 4.98 Å². The van der Waals surface area contributed by atoms with Crippen LogP contribution in [-0.4, -0.2) is 11.0 Å². The van der Waals surface area contributed by atoms with Crippen LogP contribution in [0.15, 0.2) is 18.7 Å². The molecule has 0 saturated heterocycles. The Morgan fingerprint density at radius 2 is 2.06 bits per heavy atom. The lowest BCUT2D eigenvalue weighted by molar-refractivity contribution is -0.145. The third kappa shape index (κ3) is 2.92. The Hall–Kier alpha value is -1.64. The van der Waals surface area contributed by atoms with Crippen LogP contribution < -0.4 is 0 Å². The van der Waals surface area contributed by atoms with E-state index >= 15 is 0 Å². The van der Waals surface area contributed by atoms with E-state index in [0.29, 0.717) is 0 Å². The molecule has 0 fully saturated rings. The highest BCUT2D eigenvalue weighted by atomic mass is 16.5. The second-order valence-electron chi connectivity index (χ2n) is 3.93. The number of nitrogens with zero attached hydrogens (tertiary/aromatic N) is 1. The molecule has 3 heteroatoms. The lowest BCUT2D eigenvalue weighted by Gasteiger charge is -2.13. The number of hydrogen-bond donors (Lipinski definition) is 0. The van der Waals surface area contributed by atoms with Gasteiger partial charge in [0.15, 0.2) is 0 Å². The number of ether oxygens (including phenoxy) is 1. The van der Waals surface area contributed by atoms with Crippen molar-refractivity contribution in [3.63, 3.8) is 0 Å². The fourth-order valence-corrected chi connectivity index (χ4v) is 1.51. The molecule has 1 atom stereocenters. The molecular formula is C13H17NO2. The van der Waals surface area contributed by atoms with Crippen LogP contribution >= 0.6 is 0 Å². The van der Waals surface area contributed by atoms with E-state index in [2.05, 4.69) is 11.6 Å². The molecule has 3 nitrogen and oxygen atoms in total. The molecule has 1 rings (SSSR count). The molecule has 0 N–H and O–H groups in total. The van der Waals surface area contributed by atoms with Crippen molar-refractivity contribution in [2.24, 2.45) is 0 Å². The summed E-state index contributed by atoms with van der Waals surface area (Å²) >= 11 is 0. The fourth-order valence-electron chi connectivity index (χ4n) is 1.51. The van der Waals surface area contributed by atoms with Crippen LogP contribution in [-0.2, 0) is 9.53 Å². The standard InChI is InChI=1S/C13H17NO2/c1-8(2)13-9(3)6-7-12(14-13)10(4)16-11(5)15/h6-7,10H,1H2,2-5H3. The molecule has 1 aromatic heterocycles. The van der Waals surface area contributed by atoms with Crippen LogP contribution in [0, 0.1) is 6.92 Å². The van der Waals surface area contributed by atoms with Crippen molar-refractivity contribution in [2.75, 3.05) is 0 Å². The predicted octanol–water partition coefficient (Wildman–Crippen LogP) is 3.05. The van der Waals surface area contributed by atoms with Gasteiger partial charge in [0.05, 0.1) is 11.4 Å². The number of allylic oxidation sites excluding steroid dienone is 1. The van der Waals surface area contributed by atoms with Crippen LogP contribution in [0.3, 0.4) is 0 Å². The summed E-state index contributed by atoms with van der Waals surface area (Å²) in [6, 6.07) is 3.84. The molecule has 0 aliphatic carbocycles. The number of aromatic nitrogens is 1. The van der Waals surface area contributed by atoms with Crippen LogP contribution in [0.5, 0.6) is 0 Å². The van der Waals surface area contributed by atoms with Crippen LogP contribution in [0.25, 0.3) is 5.57 Å². The van der Waals surface area contributed by atoms with Gasteiger partial charge < -0.3 is 4.74 Å². The molecule has 1 unspecified atom stereocenters. The van der Waals surface area contributed by atoms with Gasteiger partial charge in [0.2, 0.25) is 0 Å². The first-order valence-electron chi connectivity index (χ1n) is 5.22. The Balaban J connectivity index is 3.02. The summed E-state index contributed by atoms with van der Waals surface area (Å²) in [6.07, 6.45) is -0.323. The van der Waals surface area contributed by atoms with Gasteiger partial charge in [-0.15, -0.1) is 0 Å². The molecule has 1 aromatic rings. The molecular weight excluding hydrogens is 202 g/mol. The Morgan fingerprint density at radius 3 is 2.56 bits per heavy atom. The highest BCUT2D eigenvalue weighted by Gasteiger charge is 2.12. The molecule has 0 amide bonds. The largest absolute Gasteiger partial charge is 0.456 e. The van der Waals surface area contributed by atoms with E-state index in [1.54, 1.807) is 6.92 Å². The topological polar surface area (TPSA) is 39.2 Å². The Kier molecular flexibility index (Phi) is 3.82. The van der Waals surface area contributed by atoms with E-state index in [-0.39, 0.29) is 12.1 Å². The lowest BCUT2D eigenvalue weighted by atomic mass is 10.1. The summed E-state index contributed by atoms with van der Waals surface area (Å²) in [5.41, 5.74) is 3.61. The van der Waals surface area contributed by atoms with Gasteiger partial charge >= 0.3 is 5.97 Å². The normalized spacial score (nSPS) is 12.0. The van der Waals surface area contributed by atoms with Gasteiger partial charge in [0.25, 0.3) is 0 Å². The second-order valence-corrected chi connectivity index (χ2v) is 3.93. The Morgan fingerprint density at radius 1 is 1.44 bits per heavy atom. The number of hydrogen-bond acceptors (Lipinski definition) is 3. The molecule has 0 bridgehead atoms. The van der Waals surface area contributed by atoms with E-state index in [1.807, 2.05) is 26.0 Å². The van der Waals surface area contributed by atoms with Gasteiger partial charge in [-0.1, -0.05) is 12.6 Å². The summed E-state index contributed by atoms with van der Waals surface area (Å²) in [6.45, 7) is 11.0. The van der Waals surface area contributed by atoms with Crippen molar-refractivity contribution in [2.45, 2.75) is 33.8 Å². The van der Waals surface area contributed by atoms with Crippen LogP contribution in [0.4, 0.5) is 0 Å². The van der Waals surface area contributed by atoms with Gasteiger partial charge in [-0.05, 0) is 38.0 Å². The van der Waals surface area contributed by atoms with Gasteiger partial charge in [0.1, 0.15) is 6.10 Å². The maximum absolute atomic E-state index is 10.8. The summed E-state index contributed by atoms with van der Waals surface area (Å²) in [4.78, 5) is 15.3. The first-order valence-corrected chi connectivity index (χ1v) is 5.22. The molecule has 0 aromatic carbocycles. The quantitative estimate of drug-likeness (QED) is 0.733. The molecule has 0 saturated carbocycles. The summed E-state index contributed by atoms with van der Waals surface area (Å²) in [5, 5.41) is 0. The second kappa shape index (κ2) is 4.92. The molecule has 0 aliphatic rings. The van der Waals surface area contributed by atoms with Gasteiger partial charge in [-0.3, -0.25) is 4.79 Å². The molecule has 1 heterocycles. The molecule has 0 aliphatic heterocycles. The Bertz CT molecular complexity index is 424. The average Bonchev–Trinajstić information content (AvgIpc) is 2.16. The van der Waals surface area contributed by atoms with Crippen molar-refractivity contribution in [1.29, 1.82) is 0 Å². The number of carbonyl (C=O) groups excluding carboxylic acids is 1. The number of aryl methyl sites for hydroxylation is 1.